The zero-order chi connectivity index (χ0) is 10.7. The van der Waals surface area contributed by atoms with Crippen molar-refractivity contribution < 1.29 is 9.90 Å². The van der Waals surface area contributed by atoms with E-state index in [9.17, 15) is 4.79 Å². The molecule has 2 N–H and O–H groups in total. The molecule has 5 nitrogen and oxygen atoms in total. The molecule has 2 rings (SSSR count). The minimum absolute atomic E-state index is 0.00389. The van der Waals surface area contributed by atoms with Gasteiger partial charge in [0.05, 0.1) is 5.92 Å². The second kappa shape index (κ2) is 4.57. The van der Waals surface area contributed by atoms with Crippen LogP contribution in [0.25, 0.3) is 0 Å². The van der Waals surface area contributed by atoms with Gasteiger partial charge >= 0.3 is 5.97 Å². The van der Waals surface area contributed by atoms with Crippen LogP contribution in [0.2, 0.25) is 0 Å². The molecule has 1 saturated carbocycles. The maximum Gasteiger partial charge on any atom is 0.308 e. The Morgan fingerprint density at radius 1 is 1.53 bits per heavy atom. The first-order valence-corrected chi connectivity index (χ1v) is 5.91. The summed E-state index contributed by atoms with van der Waals surface area (Å²) in [5.41, 5.74) is 1.64. The predicted octanol–water partition coefficient (Wildman–Crippen LogP) is 1.59. The van der Waals surface area contributed by atoms with E-state index in [1.54, 1.807) is 5.51 Å². The molecule has 1 aromatic rings. The smallest absolute Gasteiger partial charge is 0.308 e. The highest BCUT2D eigenvalue weighted by molar-refractivity contribution is 7.13. The SMILES string of the molecule is O=C(O)C1CCCCC1Nc1nncs1. The van der Waals surface area contributed by atoms with Crippen LogP contribution in [0, 0.1) is 5.92 Å². The van der Waals surface area contributed by atoms with Crippen LogP contribution in [0.15, 0.2) is 5.51 Å². The number of aliphatic carboxylic acids is 1. The van der Waals surface area contributed by atoms with Crippen molar-refractivity contribution in [3.05, 3.63) is 5.51 Å². The molecule has 2 atom stereocenters. The van der Waals surface area contributed by atoms with Gasteiger partial charge in [0.1, 0.15) is 5.51 Å². The minimum Gasteiger partial charge on any atom is -0.481 e. The van der Waals surface area contributed by atoms with Gasteiger partial charge < -0.3 is 10.4 Å². The first-order chi connectivity index (χ1) is 7.27. The van der Waals surface area contributed by atoms with E-state index in [0.29, 0.717) is 5.13 Å². The van der Waals surface area contributed by atoms with E-state index in [1.807, 2.05) is 0 Å². The van der Waals surface area contributed by atoms with Crippen molar-refractivity contribution in [3.63, 3.8) is 0 Å². The molecule has 0 aromatic carbocycles. The maximum absolute atomic E-state index is 11.0. The number of aromatic nitrogens is 2. The van der Waals surface area contributed by atoms with E-state index in [4.69, 9.17) is 5.11 Å². The summed E-state index contributed by atoms with van der Waals surface area (Å²) in [6.45, 7) is 0. The molecule has 15 heavy (non-hydrogen) atoms. The maximum atomic E-state index is 11.0. The monoisotopic (exact) mass is 227 g/mol. The van der Waals surface area contributed by atoms with Gasteiger partial charge in [0.25, 0.3) is 0 Å². The molecule has 0 radical (unpaired) electrons. The quantitative estimate of drug-likeness (QED) is 0.820. The highest BCUT2D eigenvalue weighted by atomic mass is 32.1. The standard InChI is InChI=1S/C9H13N3O2S/c13-8(14)6-3-1-2-4-7(6)11-9-12-10-5-15-9/h5-7H,1-4H2,(H,11,12)(H,13,14). The van der Waals surface area contributed by atoms with Crippen molar-refractivity contribution >= 4 is 22.4 Å². The number of anilines is 1. The number of nitrogens with one attached hydrogen (secondary N) is 1. The molecule has 82 valence electrons. The fourth-order valence-corrected chi connectivity index (χ4v) is 2.50. The van der Waals surface area contributed by atoms with Crippen molar-refractivity contribution in [3.8, 4) is 0 Å². The predicted molar refractivity (Wildman–Crippen MR) is 56.9 cm³/mol. The van der Waals surface area contributed by atoms with E-state index in [-0.39, 0.29) is 12.0 Å². The number of carboxylic acid groups (broad SMARTS) is 1. The molecule has 0 amide bonds. The fraction of sp³-hybridized carbons (Fsp3) is 0.667. The van der Waals surface area contributed by atoms with Gasteiger partial charge in [-0.25, -0.2) is 0 Å². The van der Waals surface area contributed by atoms with Crippen LogP contribution < -0.4 is 5.32 Å². The number of hydrogen-bond donors (Lipinski definition) is 2. The number of carbonyl (C=O) groups is 1. The average molecular weight is 227 g/mol. The van der Waals surface area contributed by atoms with Crippen LogP contribution in [-0.2, 0) is 4.79 Å². The summed E-state index contributed by atoms with van der Waals surface area (Å²) in [7, 11) is 0. The van der Waals surface area contributed by atoms with E-state index in [1.165, 1.54) is 11.3 Å². The molecule has 1 aliphatic rings. The molecule has 0 saturated heterocycles. The third-order valence-electron chi connectivity index (χ3n) is 2.75. The average Bonchev–Trinajstić information content (AvgIpc) is 2.71. The molecule has 1 aliphatic carbocycles. The molecule has 1 heterocycles. The molecular weight excluding hydrogens is 214 g/mol. The van der Waals surface area contributed by atoms with Gasteiger partial charge in [0.15, 0.2) is 0 Å². The first kappa shape index (κ1) is 10.4. The van der Waals surface area contributed by atoms with Gasteiger partial charge in [0.2, 0.25) is 5.13 Å². The molecular formula is C9H13N3O2S. The Labute approximate surface area is 91.5 Å². The molecule has 0 aliphatic heterocycles. The van der Waals surface area contributed by atoms with Crippen molar-refractivity contribution in [1.29, 1.82) is 0 Å². The Morgan fingerprint density at radius 3 is 3.00 bits per heavy atom. The van der Waals surface area contributed by atoms with E-state index < -0.39 is 5.97 Å². The summed E-state index contributed by atoms with van der Waals surface area (Å²) in [5.74, 6) is -1.00. The Bertz CT molecular complexity index is 328. The summed E-state index contributed by atoms with van der Waals surface area (Å²) in [6, 6.07) is 0.00389. The largest absolute Gasteiger partial charge is 0.481 e. The van der Waals surface area contributed by atoms with Gasteiger partial charge in [-0.3, -0.25) is 4.79 Å². The summed E-state index contributed by atoms with van der Waals surface area (Å²) in [5, 5.41) is 20.5. The normalized spacial score (nSPS) is 26.1. The van der Waals surface area contributed by atoms with Crippen LogP contribution in [0.3, 0.4) is 0 Å². The van der Waals surface area contributed by atoms with Crippen molar-refractivity contribution in [2.24, 2.45) is 5.92 Å². The van der Waals surface area contributed by atoms with Gasteiger partial charge in [-0.15, -0.1) is 10.2 Å². The lowest BCUT2D eigenvalue weighted by Gasteiger charge is -2.28. The number of rotatable bonds is 3. The van der Waals surface area contributed by atoms with Crippen molar-refractivity contribution in [1.82, 2.24) is 10.2 Å². The Kier molecular flexibility index (Phi) is 3.15. The highest BCUT2D eigenvalue weighted by Crippen LogP contribution is 2.27. The van der Waals surface area contributed by atoms with Crippen LogP contribution >= 0.6 is 11.3 Å². The molecule has 1 fully saturated rings. The third kappa shape index (κ3) is 2.44. The fourth-order valence-electron chi connectivity index (χ4n) is 1.99. The van der Waals surface area contributed by atoms with Crippen molar-refractivity contribution in [2.45, 2.75) is 31.7 Å². The van der Waals surface area contributed by atoms with Gasteiger partial charge in [-0.1, -0.05) is 24.2 Å². The summed E-state index contributed by atoms with van der Waals surface area (Å²) in [4.78, 5) is 11.0. The van der Waals surface area contributed by atoms with Crippen LogP contribution in [0.1, 0.15) is 25.7 Å². The van der Waals surface area contributed by atoms with E-state index in [0.717, 1.165) is 25.7 Å². The van der Waals surface area contributed by atoms with E-state index in [2.05, 4.69) is 15.5 Å². The highest BCUT2D eigenvalue weighted by Gasteiger charge is 2.31. The first-order valence-electron chi connectivity index (χ1n) is 5.03. The molecule has 1 aromatic heterocycles. The van der Waals surface area contributed by atoms with Crippen molar-refractivity contribution in [2.75, 3.05) is 5.32 Å². The number of nitrogens with zero attached hydrogens (tertiary/aromatic N) is 2. The zero-order valence-electron chi connectivity index (χ0n) is 8.22. The second-order valence-electron chi connectivity index (χ2n) is 3.72. The zero-order valence-corrected chi connectivity index (χ0v) is 9.04. The second-order valence-corrected chi connectivity index (χ2v) is 4.56. The minimum atomic E-state index is -0.711. The summed E-state index contributed by atoms with van der Waals surface area (Å²) < 4.78 is 0. The van der Waals surface area contributed by atoms with E-state index >= 15 is 0 Å². The molecule has 0 bridgehead atoms. The topological polar surface area (TPSA) is 75.1 Å². The van der Waals surface area contributed by atoms with Crippen LogP contribution in [0.5, 0.6) is 0 Å². The lowest BCUT2D eigenvalue weighted by atomic mass is 9.85. The number of hydrogen-bond acceptors (Lipinski definition) is 5. The lowest BCUT2D eigenvalue weighted by Crippen LogP contribution is -2.37. The Morgan fingerprint density at radius 2 is 2.33 bits per heavy atom. The van der Waals surface area contributed by atoms with Crippen LogP contribution in [-0.4, -0.2) is 27.3 Å². The summed E-state index contributed by atoms with van der Waals surface area (Å²) >= 11 is 1.40. The Balaban J connectivity index is 2.02. The molecule has 0 spiro atoms. The van der Waals surface area contributed by atoms with Gasteiger partial charge in [0, 0.05) is 6.04 Å². The van der Waals surface area contributed by atoms with Gasteiger partial charge in [-0.05, 0) is 12.8 Å². The van der Waals surface area contributed by atoms with Gasteiger partial charge in [-0.2, -0.15) is 0 Å². The number of carboxylic acids is 1. The Hall–Kier alpha value is -1.17. The summed E-state index contributed by atoms with van der Waals surface area (Å²) in [6.07, 6.45) is 3.74. The molecule has 2 unspecified atom stereocenters. The molecule has 6 heteroatoms. The third-order valence-corrected chi connectivity index (χ3v) is 3.37. The lowest BCUT2D eigenvalue weighted by molar-refractivity contribution is -0.143. The van der Waals surface area contributed by atoms with Crippen LogP contribution in [0.4, 0.5) is 5.13 Å².